The van der Waals surface area contributed by atoms with Crippen LogP contribution in [0.2, 0.25) is 0 Å². The van der Waals surface area contributed by atoms with Gasteiger partial charge in [-0.05, 0) is 89.8 Å². The third-order valence-corrected chi connectivity index (χ3v) is 17.4. The van der Waals surface area contributed by atoms with E-state index < -0.39 is 31.8 Å². The fraction of sp³-hybridized carbons (Fsp3) is 0.607. The fourth-order valence-electron chi connectivity index (χ4n) is 8.34. The standard InChI is InChI=1S/4C14H24O3P.C5H10/c4*1-13(2,3)10-7-8-12(18(15,16)17)11(9-10)14(4,5)6;1-2-4-5-3-1/h4*7-9,15-17H,1-6H3;1-5H2/q4*+1;. The quantitative estimate of drug-likeness (QED) is 0.0854. The van der Waals surface area contributed by atoms with Crippen molar-refractivity contribution in [3.63, 3.8) is 0 Å². The summed E-state index contributed by atoms with van der Waals surface area (Å²) in [6.45, 7) is 49.2. The number of hydrogen-bond acceptors (Lipinski definition) is 12. The summed E-state index contributed by atoms with van der Waals surface area (Å²) in [6.07, 6.45) is 7.50. The first-order valence-corrected chi connectivity index (χ1v) is 33.3. The van der Waals surface area contributed by atoms with Gasteiger partial charge in [-0.25, -0.2) is 0 Å². The molecule has 0 aliphatic heterocycles. The van der Waals surface area contributed by atoms with Crippen molar-refractivity contribution in [3.05, 3.63) is 117 Å². The molecule has 0 radical (unpaired) electrons. The Kier molecular flexibility index (Phi) is 24.8. The van der Waals surface area contributed by atoms with Crippen molar-refractivity contribution in [2.75, 3.05) is 0 Å². The van der Waals surface area contributed by atoms with Crippen LogP contribution in [0.1, 0.15) is 243 Å². The van der Waals surface area contributed by atoms with E-state index in [0.717, 1.165) is 44.5 Å². The van der Waals surface area contributed by atoms with Gasteiger partial charge in [-0.2, -0.15) is 58.7 Å². The Morgan fingerprint density at radius 1 is 0.221 bits per heavy atom. The van der Waals surface area contributed by atoms with Crippen LogP contribution >= 0.6 is 31.8 Å². The van der Waals surface area contributed by atoms with Gasteiger partial charge in [0.2, 0.25) is 0 Å². The topological polar surface area (TPSA) is 243 Å². The maximum atomic E-state index is 9.55. The maximum absolute atomic E-state index is 9.55. The van der Waals surface area contributed by atoms with Gasteiger partial charge in [0, 0.05) is 22.3 Å². The smallest absolute Gasteiger partial charge is 0.189 e. The second-order valence-corrected chi connectivity index (χ2v) is 35.4. The van der Waals surface area contributed by atoms with Crippen molar-refractivity contribution >= 4 is 53.0 Å². The monoisotopic (exact) mass is 1150 g/mol. The molecule has 1 aliphatic carbocycles. The largest absolute Gasteiger partial charge is 0.441 e. The van der Waals surface area contributed by atoms with Gasteiger partial charge in [-0.15, -0.1) is 0 Å². The lowest BCUT2D eigenvalue weighted by Crippen LogP contribution is -2.26. The molecule has 12 nitrogen and oxygen atoms in total. The molecular weight excluding hydrogens is 1050 g/mol. The van der Waals surface area contributed by atoms with Crippen LogP contribution in [0.4, 0.5) is 0 Å². The zero-order valence-electron chi connectivity index (χ0n) is 51.6. The molecule has 77 heavy (non-hydrogen) atoms. The molecule has 1 aliphatic rings. The summed E-state index contributed by atoms with van der Waals surface area (Å²) in [6, 6.07) is 21.8. The lowest BCUT2D eigenvalue weighted by atomic mass is 9.81. The molecule has 1 saturated carbocycles. The number of benzene rings is 4. The highest BCUT2D eigenvalue weighted by molar-refractivity contribution is 7.67. The second-order valence-electron chi connectivity index (χ2n) is 29.0. The summed E-state index contributed by atoms with van der Waals surface area (Å²) in [5, 5.41) is 1.01. The van der Waals surface area contributed by atoms with Crippen molar-refractivity contribution in [1.29, 1.82) is 0 Å². The summed E-state index contributed by atoms with van der Waals surface area (Å²) in [7, 11) is -15.9. The van der Waals surface area contributed by atoms with Gasteiger partial charge in [0.1, 0.15) is 0 Å². The van der Waals surface area contributed by atoms with E-state index in [9.17, 15) is 58.7 Å². The van der Waals surface area contributed by atoms with Gasteiger partial charge in [0.25, 0.3) is 0 Å². The second kappa shape index (κ2) is 26.1. The van der Waals surface area contributed by atoms with Gasteiger partial charge in [-0.1, -0.05) is 247 Å². The predicted octanol–water partition coefficient (Wildman–Crippen LogP) is 12.5. The van der Waals surface area contributed by atoms with Crippen LogP contribution in [0.3, 0.4) is 0 Å². The minimum atomic E-state index is -3.97. The summed E-state index contributed by atoms with van der Waals surface area (Å²) in [4.78, 5) is 115. The van der Waals surface area contributed by atoms with E-state index in [1.807, 2.05) is 132 Å². The number of hydrogen-bond donors (Lipinski definition) is 12. The molecule has 16 heteroatoms. The molecule has 0 unspecified atom stereocenters. The molecule has 0 saturated heterocycles. The summed E-state index contributed by atoms with van der Waals surface area (Å²) in [5.74, 6) is 0. The molecule has 438 valence electrons. The first-order chi connectivity index (χ1) is 33.8. The van der Waals surface area contributed by atoms with Gasteiger partial charge in [0.15, 0.2) is 21.2 Å². The SMILES string of the molecule is C1CCCC1.CC(C)(C)c1ccc([P+](O)(O)O)c(C(C)(C)C)c1.CC(C)(C)c1ccc([P+](O)(O)O)c(C(C)(C)C)c1.CC(C)(C)c1ccc([P+](O)(O)O)c(C(C)(C)C)c1.CC(C)(C)c1ccc([P+](O)(O)O)c(C(C)(C)C)c1. The molecule has 0 atom stereocenters. The van der Waals surface area contributed by atoms with Crippen LogP contribution < -0.4 is 21.2 Å². The Morgan fingerprint density at radius 3 is 0.442 bits per heavy atom. The summed E-state index contributed by atoms with van der Waals surface area (Å²) in [5.41, 5.74) is 6.54. The molecule has 0 heterocycles. The molecule has 0 spiro atoms. The van der Waals surface area contributed by atoms with E-state index in [0.29, 0.717) is 0 Å². The van der Waals surface area contributed by atoms with Gasteiger partial charge in [0.05, 0.1) is 0 Å². The third kappa shape index (κ3) is 23.9. The van der Waals surface area contributed by atoms with E-state index in [1.54, 1.807) is 24.3 Å². The molecule has 12 N–H and O–H groups in total. The van der Waals surface area contributed by atoms with Gasteiger partial charge in [-0.3, -0.25) is 0 Å². The minimum Gasteiger partial charge on any atom is -0.189 e. The lowest BCUT2D eigenvalue weighted by molar-refractivity contribution is 0.344. The Bertz CT molecular complexity index is 2160. The molecule has 0 aromatic heterocycles. The highest BCUT2D eigenvalue weighted by atomic mass is 31.2. The Labute approximate surface area is 468 Å². The Morgan fingerprint density at radius 2 is 0.351 bits per heavy atom. The first kappa shape index (κ1) is 73.1. The van der Waals surface area contributed by atoms with Crippen LogP contribution in [0, 0.1) is 0 Å². The molecule has 4 aromatic carbocycles. The van der Waals surface area contributed by atoms with Crippen LogP contribution in [-0.2, 0) is 43.3 Å². The number of rotatable bonds is 4. The van der Waals surface area contributed by atoms with Crippen LogP contribution in [0.15, 0.2) is 72.8 Å². The van der Waals surface area contributed by atoms with Gasteiger partial charge >= 0.3 is 31.8 Å². The lowest BCUT2D eigenvalue weighted by Gasteiger charge is -2.26. The fourth-order valence-corrected chi connectivity index (χ4v) is 12.3. The summed E-state index contributed by atoms with van der Waals surface area (Å²) < 4.78 is 0. The van der Waals surface area contributed by atoms with E-state index in [4.69, 9.17) is 0 Å². The van der Waals surface area contributed by atoms with E-state index in [2.05, 4.69) is 83.1 Å². The third-order valence-electron chi connectivity index (χ3n) is 13.2. The van der Waals surface area contributed by atoms with Crippen LogP contribution in [-0.4, -0.2) is 58.7 Å². The Hall–Kier alpha value is -1.88. The normalized spacial score (nSPS) is 14.5. The van der Waals surface area contributed by atoms with Crippen molar-refractivity contribution in [2.45, 2.75) is 242 Å². The molecular formula is C61H106O12P4+4. The molecule has 4 aromatic rings. The highest BCUT2D eigenvalue weighted by Crippen LogP contribution is 2.50. The van der Waals surface area contributed by atoms with Crippen molar-refractivity contribution < 1.29 is 58.7 Å². The predicted molar refractivity (Wildman–Crippen MR) is 331 cm³/mol. The average molecular weight is 1160 g/mol. The first-order valence-electron chi connectivity index (χ1n) is 26.7. The zero-order valence-corrected chi connectivity index (χ0v) is 55.2. The van der Waals surface area contributed by atoms with Crippen molar-refractivity contribution in [2.24, 2.45) is 0 Å². The molecule has 0 bridgehead atoms. The minimum absolute atomic E-state index is 0.0139. The van der Waals surface area contributed by atoms with Gasteiger partial charge < -0.3 is 0 Å². The van der Waals surface area contributed by atoms with E-state index in [1.165, 1.54) is 32.1 Å². The zero-order chi connectivity index (χ0) is 60.9. The molecule has 1 fully saturated rings. The molecule has 0 amide bonds. The molecule has 5 rings (SSSR count). The van der Waals surface area contributed by atoms with Crippen LogP contribution in [0.25, 0.3) is 0 Å². The van der Waals surface area contributed by atoms with Crippen LogP contribution in [0.5, 0.6) is 0 Å². The van der Waals surface area contributed by atoms with E-state index >= 15 is 0 Å². The highest BCUT2D eigenvalue weighted by Gasteiger charge is 2.44. The Balaban J connectivity index is 0.000000497. The van der Waals surface area contributed by atoms with E-state index in [-0.39, 0.29) is 64.5 Å². The summed E-state index contributed by atoms with van der Waals surface area (Å²) >= 11 is 0. The van der Waals surface area contributed by atoms with Crippen molar-refractivity contribution in [1.82, 2.24) is 0 Å². The van der Waals surface area contributed by atoms with Crippen molar-refractivity contribution in [3.8, 4) is 0 Å². The maximum Gasteiger partial charge on any atom is 0.441 e. The average Bonchev–Trinajstić information content (AvgIpc) is 3.81.